The van der Waals surface area contributed by atoms with Crippen molar-refractivity contribution in [3.8, 4) is 0 Å². The fourth-order valence-corrected chi connectivity index (χ4v) is 3.20. The third-order valence-electron chi connectivity index (χ3n) is 4.53. The van der Waals surface area contributed by atoms with Crippen LogP contribution in [0.2, 0.25) is 0 Å². The predicted octanol–water partition coefficient (Wildman–Crippen LogP) is 3.58. The Bertz CT molecular complexity index is 989. The van der Waals surface area contributed by atoms with Gasteiger partial charge in [0.25, 0.3) is 0 Å². The zero-order valence-electron chi connectivity index (χ0n) is 14.3. The van der Waals surface area contributed by atoms with Crippen molar-refractivity contribution in [2.45, 2.75) is 12.6 Å². The van der Waals surface area contributed by atoms with Gasteiger partial charge >= 0.3 is 0 Å². The summed E-state index contributed by atoms with van der Waals surface area (Å²) in [6, 6.07) is 17.3. The molecule has 26 heavy (non-hydrogen) atoms. The maximum absolute atomic E-state index is 13.3. The third kappa shape index (κ3) is 3.30. The minimum atomic E-state index is -0.390. The summed E-state index contributed by atoms with van der Waals surface area (Å²) in [5, 5.41) is 4.37. The van der Waals surface area contributed by atoms with Crippen LogP contribution in [-0.2, 0) is 6.54 Å². The lowest BCUT2D eigenvalue weighted by Crippen LogP contribution is -2.31. The van der Waals surface area contributed by atoms with Crippen LogP contribution in [0.5, 0.6) is 0 Å². The van der Waals surface area contributed by atoms with Crippen molar-refractivity contribution in [3.05, 3.63) is 90.6 Å². The van der Waals surface area contributed by atoms with Crippen LogP contribution in [0.25, 0.3) is 10.9 Å². The van der Waals surface area contributed by atoms with E-state index in [1.54, 1.807) is 18.7 Å². The van der Waals surface area contributed by atoms with Crippen LogP contribution in [0, 0.1) is 0 Å². The van der Waals surface area contributed by atoms with Gasteiger partial charge in [-0.15, -0.1) is 0 Å². The lowest BCUT2D eigenvalue weighted by Gasteiger charge is -2.18. The van der Waals surface area contributed by atoms with Gasteiger partial charge in [-0.1, -0.05) is 48.5 Å². The second-order valence-corrected chi connectivity index (χ2v) is 6.21. The molecule has 1 atom stereocenters. The van der Waals surface area contributed by atoms with E-state index in [1.165, 1.54) is 0 Å². The van der Waals surface area contributed by atoms with Crippen molar-refractivity contribution >= 4 is 16.7 Å². The van der Waals surface area contributed by atoms with Gasteiger partial charge in [0.1, 0.15) is 0 Å². The molecule has 0 spiro atoms. The van der Waals surface area contributed by atoms with E-state index in [0.717, 1.165) is 23.0 Å². The number of fused-ring (bicyclic) bond motifs is 1. The molecular formula is C21H20N4O. The lowest BCUT2D eigenvalue weighted by molar-refractivity contribution is 0.0944. The molecule has 0 bridgehead atoms. The van der Waals surface area contributed by atoms with Gasteiger partial charge < -0.3 is 14.9 Å². The maximum Gasteiger partial charge on any atom is 0.186 e. The molecule has 0 radical (unpaired) electrons. The van der Waals surface area contributed by atoms with Gasteiger partial charge in [0.05, 0.1) is 12.4 Å². The van der Waals surface area contributed by atoms with Crippen molar-refractivity contribution in [2.24, 2.45) is 0 Å². The second kappa shape index (κ2) is 7.37. The molecule has 2 heterocycles. The van der Waals surface area contributed by atoms with Crippen molar-refractivity contribution in [1.82, 2.24) is 19.9 Å². The first-order chi connectivity index (χ1) is 12.8. The predicted molar refractivity (Wildman–Crippen MR) is 102 cm³/mol. The van der Waals surface area contributed by atoms with Gasteiger partial charge in [0, 0.05) is 48.1 Å². The van der Waals surface area contributed by atoms with E-state index in [9.17, 15) is 4.79 Å². The number of aromatic nitrogens is 3. The van der Waals surface area contributed by atoms with Crippen LogP contribution in [0.1, 0.15) is 22.0 Å². The largest absolute Gasteiger partial charge is 0.360 e. The Hall–Kier alpha value is -3.18. The number of aromatic amines is 1. The highest BCUT2D eigenvalue weighted by Gasteiger charge is 2.23. The van der Waals surface area contributed by atoms with Gasteiger partial charge in [-0.25, -0.2) is 4.98 Å². The number of carbonyl (C=O) groups is 1. The summed E-state index contributed by atoms with van der Waals surface area (Å²) < 4.78 is 1.99. The van der Waals surface area contributed by atoms with Gasteiger partial charge in [0.2, 0.25) is 0 Å². The minimum Gasteiger partial charge on any atom is -0.360 e. The number of benzene rings is 2. The molecule has 0 aliphatic carbocycles. The molecule has 1 unspecified atom stereocenters. The van der Waals surface area contributed by atoms with E-state index in [2.05, 4.69) is 15.3 Å². The number of imidazole rings is 1. The molecule has 4 rings (SSSR count). The van der Waals surface area contributed by atoms with E-state index in [0.29, 0.717) is 12.1 Å². The van der Waals surface area contributed by atoms with Crippen LogP contribution in [-0.4, -0.2) is 26.9 Å². The van der Waals surface area contributed by atoms with Gasteiger partial charge in [-0.3, -0.25) is 4.79 Å². The summed E-state index contributed by atoms with van der Waals surface area (Å²) in [6.07, 6.45) is 7.26. The van der Waals surface area contributed by atoms with Crippen molar-refractivity contribution in [1.29, 1.82) is 0 Å². The highest BCUT2D eigenvalue weighted by Crippen LogP contribution is 2.24. The van der Waals surface area contributed by atoms with Crippen molar-refractivity contribution in [3.63, 3.8) is 0 Å². The number of para-hydroxylation sites is 1. The van der Waals surface area contributed by atoms with E-state index in [-0.39, 0.29) is 11.8 Å². The van der Waals surface area contributed by atoms with Crippen LogP contribution in [0.15, 0.2) is 79.5 Å². The van der Waals surface area contributed by atoms with Gasteiger partial charge in [-0.2, -0.15) is 0 Å². The number of nitrogens with one attached hydrogen (secondary N) is 2. The Balaban J connectivity index is 1.60. The maximum atomic E-state index is 13.3. The number of hydrogen-bond donors (Lipinski definition) is 2. The monoisotopic (exact) mass is 344 g/mol. The normalized spacial score (nSPS) is 12.3. The molecule has 0 saturated carbocycles. The summed E-state index contributed by atoms with van der Waals surface area (Å²) in [5.74, 6) is 0.0688. The Morgan fingerprint density at radius 3 is 2.73 bits per heavy atom. The number of Topliss-reactive ketones (excluding diaryl/α,β-unsaturated/α-hetero) is 1. The van der Waals surface area contributed by atoms with Crippen molar-refractivity contribution in [2.75, 3.05) is 6.54 Å². The molecule has 2 aromatic heterocycles. The Labute approximate surface area is 151 Å². The SMILES string of the molecule is O=C(c1c[nH]c2ccccc12)C(NCCn1ccnc1)c1ccccc1. The van der Waals surface area contributed by atoms with Crippen LogP contribution >= 0.6 is 0 Å². The van der Waals surface area contributed by atoms with E-state index >= 15 is 0 Å². The van der Waals surface area contributed by atoms with E-state index in [1.807, 2.05) is 65.4 Å². The topological polar surface area (TPSA) is 62.7 Å². The smallest absolute Gasteiger partial charge is 0.186 e. The second-order valence-electron chi connectivity index (χ2n) is 6.21. The molecule has 0 amide bonds. The van der Waals surface area contributed by atoms with E-state index in [4.69, 9.17) is 0 Å². The summed E-state index contributed by atoms with van der Waals surface area (Å²) in [6.45, 7) is 1.43. The van der Waals surface area contributed by atoms with Crippen LogP contribution in [0.4, 0.5) is 0 Å². The number of H-pyrrole nitrogens is 1. The molecule has 2 aromatic carbocycles. The van der Waals surface area contributed by atoms with Crippen LogP contribution < -0.4 is 5.32 Å². The first-order valence-corrected chi connectivity index (χ1v) is 8.67. The molecule has 4 aromatic rings. The minimum absolute atomic E-state index is 0.0688. The molecule has 0 fully saturated rings. The first kappa shape index (κ1) is 16.3. The zero-order valence-corrected chi connectivity index (χ0v) is 14.3. The molecule has 5 nitrogen and oxygen atoms in total. The summed E-state index contributed by atoms with van der Waals surface area (Å²) in [5.41, 5.74) is 2.65. The Morgan fingerprint density at radius 1 is 1.12 bits per heavy atom. The molecule has 0 aliphatic heterocycles. The molecule has 5 heteroatoms. The average molecular weight is 344 g/mol. The Morgan fingerprint density at radius 2 is 1.92 bits per heavy atom. The quantitative estimate of drug-likeness (QED) is 0.504. The number of carbonyl (C=O) groups excluding carboxylic acids is 1. The highest BCUT2D eigenvalue weighted by molar-refractivity contribution is 6.10. The van der Waals surface area contributed by atoms with Gasteiger partial charge in [-0.05, 0) is 11.6 Å². The first-order valence-electron chi connectivity index (χ1n) is 8.67. The van der Waals surface area contributed by atoms with Gasteiger partial charge in [0.15, 0.2) is 5.78 Å². The molecule has 130 valence electrons. The average Bonchev–Trinajstić information content (AvgIpc) is 3.35. The number of nitrogens with zero attached hydrogens (tertiary/aromatic N) is 2. The molecule has 0 aliphatic rings. The fraction of sp³-hybridized carbons (Fsp3) is 0.143. The molecular weight excluding hydrogens is 324 g/mol. The number of ketones is 1. The Kier molecular flexibility index (Phi) is 4.62. The summed E-state index contributed by atoms with van der Waals surface area (Å²) in [4.78, 5) is 20.6. The lowest BCUT2D eigenvalue weighted by atomic mass is 9.97. The van der Waals surface area contributed by atoms with Crippen molar-refractivity contribution < 1.29 is 4.79 Å². The standard InChI is InChI=1S/C21H20N4O/c26-21(18-14-24-19-9-5-4-8-17(18)19)20(16-6-2-1-3-7-16)23-11-13-25-12-10-22-15-25/h1-10,12,14-15,20,23-24H,11,13H2. The molecule has 2 N–H and O–H groups in total. The molecule has 0 saturated heterocycles. The van der Waals surface area contributed by atoms with Crippen LogP contribution in [0.3, 0.4) is 0 Å². The highest BCUT2D eigenvalue weighted by atomic mass is 16.1. The third-order valence-corrected chi connectivity index (χ3v) is 4.53. The fourth-order valence-electron chi connectivity index (χ4n) is 3.20. The zero-order chi connectivity index (χ0) is 17.8. The summed E-state index contributed by atoms with van der Waals surface area (Å²) in [7, 11) is 0. The number of rotatable bonds is 7. The summed E-state index contributed by atoms with van der Waals surface area (Å²) >= 11 is 0. The number of hydrogen-bond acceptors (Lipinski definition) is 3. The van der Waals surface area contributed by atoms with E-state index < -0.39 is 0 Å².